The van der Waals surface area contributed by atoms with Gasteiger partial charge in [-0.05, 0) is 72.8 Å². The molecular formula is C21H38O3. The van der Waals surface area contributed by atoms with Crippen LogP contribution in [0.2, 0.25) is 0 Å². The number of esters is 1. The van der Waals surface area contributed by atoms with Crippen molar-refractivity contribution in [3.8, 4) is 0 Å². The smallest absolute Gasteiger partial charge is 0.331 e. The average molecular weight is 339 g/mol. The van der Waals surface area contributed by atoms with E-state index in [2.05, 4.69) is 40.7 Å². The van der Waals surface area contributed by atoms with E-state index >= 15 is 0 Å². The van der Waals surface area contributed by atoms with Gasteiger partial charge in [0.15, 0.2) is 0 Å². The summed E-state index contributed by atoms with van der Waals surface area (Å²) < 4.78 is 11.0. The van der Waals surface area contributed by atoms with Gasteiger partial charge >= 0.3 is 5.97 Å². The van der Waals surface area contributed by atoms with Crippen LogP contribution in [0, 0.1) is 5.92 Å². The Morgan fingerprint density at radius 1 is 1.08 bits per heavy atom. The fourth-order valence-corrected chi connectivity index (χ4v) is 2.68. The summed E-state index contributed by atoms with van der Waals surface area (Å²) in [6, 6.07) is 0. The minimum absolute atomic E-state index is 0.0418. The van der Waals surface area contributed by atoms with Crippen LogP contribution < -0.4 is 0 Å². The molecule has 140 valence electrons. The Balaban J connectivity index is 4.10. The Labute approximate surface area is 149 Å². The summed E-state index contributed by atoms with van der Waals surface area (Å²) in [6.45, 7) is 16.4. The highest BCUT2D eigenvalue weighted by atomic mass is 16.5. The molecular weight excluding hydrogens is 300 g/mol. The number of rotatable bonds is 11. The fourth-order valence-electron chi connectivity index (χ4n) is 2.68. The standard InChI is InChI=1S/C21H38O3/c1-16(2)23-20(22)15-19(6)12-9-11-18(5)13-10-14-21(7,8)24-17(3)4/h9,12,15-18H,10-11,13-14H2,1-8H3/b12-9+,19-15+. The van der Waals surface area contributed by atoms with Crippen LogP contribution in [0.4, 0.5) is 0 Å². The van der Waals surface area contributed by atoms with Gasteiger partial charge in [0.2, 0.25) is 0 Å². The lowest BCUT2D eigenvalue weighted by Crippen LogP contribution is -2.28. The van der Waals surface area contributed by atoms with Gasteiger partial charge in [0, 0.05) is 6.08 Å². The van der Waals surface area contributed by atoms with Crippen molar-refractivity contribution in [1.82, 2.24) is 0 Å². The van der Waals surface area contributed by atoms with E-state index in [1.807, 2.05) is 26.8 Å². The highest BCUT2D eigenvalue weighted by Crippen LogP contribution is 2.22. The zero-order chi connectivity index (χ0) is 18.8. The number of ether oxygens (including phenoxy) is 2. The lowest BCUT2D eigenvalue weighted by molar-refractivity contribution is -0.141. The molecule has 0 aromatic carbocycles. The monoisotopic (exact) mass is 338 g/mol. The molecule has 0 amide bonds. The minimum Gasteiger partial charge on any atom is -0.460 e. The number of allylic oxidation sites excluding steroid dienone is 3. The molecule has 0 N–H and O–H groups in total. The maximum atomic E-state index is 11.5. The predicted molar refractivity (Wildman–Crippen MR) is 102 cm³/mol. The Morgan fingerprint density at radius 3 is 2.25 bits per heavy atom. The Bertz CT molecular complexity index is 417. The van der Waals surface area contributed by atoms with Crippen LogP contribution >= 0.6 is 0 Å². The highest BCUT2D eigenvalue weighted by molar-refractivity contribution is 5.83. The van der Waals surface area contributed by atoms with Crippen LogP contribution in [-0.2, 0) is 14.3 Å². The number of carbonyl (C=O) groups excluding carboxylic acids is 1. The SMILES string of the molecule is CC(/C=C/CC(C)CCCC(C)(C)OC(C)C)=C\C(=O)OC(C)C. The molecule has 0 bridgehead atoms. The molecule has 0 aliphatic rings. The van der Waals surface area contributed by atoms with Gasteiger partial charge in [0.25, 0.3) is 0 Å². The first kappa shape index (κ1) is 22.9. The normalized spacial score (nSPS) is 14.7. The van der Waals surface area contributed by atoms with E-state index in [1.54, 1.807) is 6.08 Å². The van der Waals surface area contributed by atoms with Gasteiger partial charge in [-0.3, -0.25) is 0 Å². The summed E-state index contributed by atoms with van der Waals surface area (Å²) in [7, 11) is 0. The van der Waals surface area contributed by atoms with Gasteiger partial charge in [0.05, 0.1) is 17.8 Å². The summed E-state index contributed by atoms with van der Waals surface area (Å²) in [5, 5.41) is 0. The molecule has 0 aliphatic carbocycles. The van der Waals surface area contributed by atoms with Crippen LogP contribution in [0.5, 0.6) is 0 Å². The molecule has 3 nitrogen and oxygen atoms in total. The molecule has 0 aromatic heterocycles. The van der Waals surface area contributed by atoms with Gasteiger partial charge in [-0.1, -0.05) is 31.9 Å². The molecule has 0 rings (SSSR count). The quantitative estimate of drug-likeness (QED) is 0.270. The Kier molecular flexibility index (Phi) is 10.9. The van der Waals surface area contributed by atoms with E-state index in [4.69, 9.17) is 9.47 Å². The Morgan fingerprint density at radius 2 is 1.71 bits per heavy atom. The lowest BCUT2D eigenvalue weighted by atomic mass is 9.94. The van der Waals surface area contributed by atoms with E-state index in [0.717, 1.165) is 18.4 Å². The van der Waals surface area contributed by atoms with Crippen molar-refractivity contribution in [3.63, 3.8) is 0 Å². The van der Waals surface area contributed by atoms with Gasteiger partial charge in [-0.15, -0.1) is 0 Å². The van der Waals surface area contributed by atoms with Gasteiger partial charge in [-0.25, -0.2) is 4.79 Å². The van der Waals surface area contributed by atoms with E-state index in [9.17, 15) is 4.79 Å². The second-order valence-corrected chi connectivity index (χ2v) is 7.94. The fraction of sp³-hybridized carbons (Fsp3) is 0.762. The van der Waals surface area contributed by atoms with Gasteiger partial charge < -0.3 is 9.47 Å². The number of carbonyl (C=O) groups is 1. The maximum absolute atomic E-state index is 11.5. The van der Waals surface area contributed by atoms with Crippen LogP contribution in [-0.4, -0.2) is 23.8 Å². The largest absolute Gasteiger partial charge is 0.460 e. The van der Waals surface area contributed by atoms with Crippen molar-refractivity contribution >= 4 is 5.97 Å². The minimum atomic E-state index is -0.271. The maximum Gasteiger partial charge on any atom is 0.331 e. The molecule has 24 heavy (non-hydrogen) atoms. The first-order chi connectivity index (χ1) is 11.0. The first-order valence-corrected chi connectivity index (χ1v) is 9.25. The van der Waals surface area contributed by atoms with Crippen molar-refractivity contribution in [1.29, 1.82) is 0 Å². The summed E-state index contributed by atoms with van der Waals surface area (Å²) in [5.41, 5.74) is 0.888. The third kappa shape index (κ3) is 13.4. The van der Waals surface area contributed by atoms with E-state index in [-0.39, 0.29) is 23.8 Å². The zero-order valence-electron chi connectivity index (χ0n) is 17.0. The molecule has 0 aromatic rings. The molecule has 0 heterocycles. The molecule has 0 radical (unpaired) electrons. The summed E-state index contributed by atoms with van der Waals surface area (Å²) in [5.74, 6) is 0.360. The van der Waals surface area contributed by atoms with E-state index < -0.39 is 0 Å². The third-order valence-electron chi connectivity index (χ3n) is 3.65. The van der Waals surface area contributed by atoms with Crippen molar-refractivity contribution in [3.05, 3.63) is 23.8 Å². The predicted octanol–water partition coefficient (Wildman–Crippen LogP) is 5.84. The van der Waals surface area contributed by atoms with E-state index in [1.165, 1.54) is 12.8 Å². The summed E-state index contributed by atoms with van der Waals surface area (Å²) in [6.07, 6.45) is 10.4. The van der Waals surface area contributed by atoms with Crippen molar-refractivity contribution < 1.29 is 14.3 Å². The lowest BCUT2D eigenvalue weighted by Gasteiger charge is -2.28. The van der Waals surface area contributed by atoms with Crippen molar-refractivity contribution in [2.75, 3.05) is 0 Å². The van der Waals surface area contributed by atoms with E-state index in [0.29, 0.717) is 5.92 Å². The summed E-state index contributed by atoms with van der Waals surface area (Å²) >= 11 is 0. The molecule has 1 atom stereocenters. The van der Waals surface area contributed by atoms with Crippen LogP contribution in [0.15, 0.2) is 23.8 Å². The number of hydrogen-bond acceptors (Lipinski definition) is 3. The molecule has 0 saturated heterocycles. The topological polar surface area (TPSA) is 35.5 Å². The molecule has 3 heteroatoms. The van der Waals surface area contributed by atoms with Crippen molar-refractivity contribution in [2.24, 2.45) is 5.92 Å². The van der Waals surface area contributed by atoms with Gasteiger partial charge in [-0.2, -0.15) is 0 Å². The molecule has 1 unspecified atom stereocenters. The third-order valence-corrected chi connectivity index (χ3v) is 3.65. The van der Waals surface area contributed by atoms with Gasteiger partial charge in [0.1, 0.15) is 0 Å². The number of hydrogen-bond donors (Lipinski definition) is 0. The molecule has 0 fully saturated rings. The zero-order valence-corrected chi connectivity index (χ0v) is 17.0. The molecule has 0 aliphatic heterocycles. The molecule has 0 saturated carbocycles. The first-order valence-electron chi connectivity index (χ1n) is 9.25. The Hall–Kier alpha value is -1.09. The average Bonchev–Trinajstić information content (AvgIpc) is 2.35. The van der Waals surface area contributed by atoms with Crippen molar-refractivity contribution in [2.45, 2.75) is 98.9 Å². The van der Waals surface area contributed by atoms with Crippen LogP contribution in [0.3, 0.4) is 0 Å². The molecule has 0 spiro atoms. The highest BCUT2D eigenvalue weighted by Gasteiger charge is 2.19. The second kappa shape index (κ2) is 11.5. The van der Waals surface area contributed by atoms with Crippen LogP contribution in [0.25, 0.3) is 0 Å². The van der Waals surface area contributed by atoms with Crippen LogP contribution in [0.1, 0.15) is 81.1 Å². The second-order valence-electron chi connectivity index (χ2n) is 7.94. The summed E-state index contributed by atoms with van der Waals surface area (Å²) in [4.78, 5) is 11.5.